The maximum atomic E-state index is 12.7. The Morgan fingerprint density at radius 2 is 1.81 bits per heavy atom. The minimum atomic E-state index is 0.161. The lowest BCUT2D eigenvalue weighted by Crippen LogP contribution is -2.37. The van der Waals surface area contributed by atoms with E-state index in [4.69, 9.17) is 4.74 Å². The molecule has 0 saturated carbocycles. The zero-order valence-corrected chi connectivity index (χ0v) is 15.9. The summed E-state index contributed by atoms with van der Waals surface area (Å²) >= 11 is 0. The van der Waals surface area contributed by atoms with Gasteiger partial charge < -0.3 is 19.6 Å². The van der Waals surface area contributed by atoms with Crippen LogP contribution in [0.1, 0.15) is 31.7 Å². The fraction of sp³-hybridized carbons (Fsp3) is 0.667. The van der Waals surface area contributed by atoms with E-state index in [-0.39, 0.29) is 18.4 Å². The van der Waals surface area contributed by atoms with Crippen molar-refractivity contribution < 1.29 is 14.6 Å². The van der Waals surface area contributed by atoms with Crippen LogP contribution in [0.4, 0.5) is 0 Å². The molecule has 2 atom stereocenters. The molecule has 1 aromatic rings. The number of aliphatic hydroxyl groups is 1. The van der Waals surface area contributed by atoms with Crippen LogP contribution in [0, 0.1) is 11.8 Å². The summed E-state index contributed by atoms with van der Waals surface area (Å²) in [6.45, 7) is 7.57. The lowest BCUT2D eigenvalue weighted by Gasteiger charge is -2.30. The van der Waals surface area contributed by atoms with E-state index >= 15 is 0 Å². The van der Waals surface area contributed by atoms with Crippen molar-refractivity contribution in [3.8, 4) is 5.75 Å². The number of carbonyl (C=O) groups is 1. The van der Waals surface area contributed by atoms with Crippen LogP contribution in [-0.4, -0.2) is 66.8 Å². The third kappa shape index (κ3) is 4.98. The van der Waals surface area contributed by atoms with Crippen LogP contribution >= 0.6 is 0 Å². The quantitative estimate of drug-likeness (QED) is 0.810. The summed E-state index contributed by atoms with van der Waals surface area (Å²) in [6, 6.07) is 7.78. The lowest BCUT2D eigenvalue weighted by molar-refractivity contribution is -0.129. The summed E-state index contributed by atoms with van der Waals surface area (Å²) in [5, 5.41) is 9.77. The molecule has 1 N–H and O–H groups in total. The predicted octanol–water partition coefficient (Wildman–Crippen LogP) is 2.18. The number of hydrogen-bond acceptors (Lipinski definition) is 4. The van der Waals surface area contributed by atoms with Gasteiger partial charge in [-0.25, -0.2) is 0 Å². The molecule has 0 unspecified atom stereocenters. The molecule has 2 fully saturated rings. The average molecular weight is 360 g/mol. The SMILES string of the molecule is CCOc1ccc(CC(=O)N2C[C@@H](CN3CCCCC3)[C@@H](CO)C2)cc1. The number of hydrogen-bond donors (Lipinski definition) is 1. The zero-order chi connectivity index (χ0) is 18.4. The predicted molar refractivity (Wildman–Crippen MR) is 102 cm³/mol. The van der Waals surface area contributed by atoms with Crippen molar-refractivity contribution in [1.82, 2.24) is 9.80 Å². The highest BCUT2D eigenvalue weighted by Gasteiger charge is 2.35. The Morgan fingerprint density at radius 1 is 1.12 bits per heavy atom. The molecule has 0 spiro atoms. The molecule has 26 heavy (non-hydrogen) atoms. The van der Waals surface area contributed by atoms with Crippen molar-refractivity contribution in [3.05, 3.63) is 29.8 Å². The summed E-state index contributed by atoms with van der Waals surface area (Å²) in [5.41, 5.74) is 1.01. The van der Waals surface area contributed by atoms with Gasteiger partial charge in [-0.15, -0.1) is 0 Å². The third-order valence-electron chi connectivity index (χ3n) is 5.69. The Hall–Kier alpha value is -1.59. The van der Waals surface area contributed by atoms with Gasteiger partial charge in [0.05, 0.1) is 13.0 Å². The fourth-order valence-corrected chi connectivity index (χ4v) is 4.19. The summed E-state index contributed by atoms with van der Waals surface area (Å²) in [4.78, 5) is 17.2. The standard InChI is InChI=1S/C21H32N2O3/c1-2-26-20-8-6-17(7-9-20)12-21(25)23-14-18(19(15-23)16-24)13-22-10-4-3-5-11-22/h6-9,18-19,24H,2-5,10-16H2,1H3/t18-,19-/m1/s1. The number of carbonyl (C=O) groups excluding carboxylic acids is 1. The van der Waals surface area contributed by atoms with Gasteiger partial charge >= 0.3 is 0 Å². The topological polar surface area (TPSA) is 53.0 Å². The Bertz CT molecular complexity index is 569. The second kappa shape index (κ2) is 9.38. The van der Waals surface area contributed by atoms with Gasteiger partial charge in [-0.1, -0.05) is 18.6 Å². The number of likely N-dealkylation sites (tertiary alicyclic amines) is 2. The molecule has 3 rings (SSSR count). The third-order valence-corrected chi connectivity index (χ3v) is 5.69. The molecular weight excluding hydrogens is 328 g/mol. The molecule has 0 aliphatic carbocycles. The van der Waals surface area contributed by atoms with E-state index in [1.54, 1.807) is 0 Å². The first-order chi connectivity index (χ1) is 12.7. The number of ether oxygens (including phenoxy) is 1. The number of aliphatic hydroxyl groups excluding tert-OH is 1. The lowest BCUT2D eigenvalue weighted by atomic mass is 9.95. The molecule has 2 aliphatic rings. The second-order valence-corrected chi connectivity index (χ2v) is 7.62. The van der Waals surface area contributed by atoms with Crippen LogP contribution in [0.15, 0.2) is 24.3 Å². The Kier molecular flexibility index (Phi) is 6.92. The second-order valence-electron chi connectivity index (χ2n) is 7.62. The molecule has 144 valence electrons. The van der Waals surface area contributed by atoms with Crippen molar-refractivity contribution in [2.24, 2.45) is 11.8 Å². The molecule has 2 aliphatic heterocycles. The van der Waals surface area contributed by atoms with Gasteiger partial charge in [0.1, 0.15) is 5.75 Å². The summed E-state index contributed by atoms with van der Waals surface area (Å²) in [6.07, 6.45) is 4.30. The minimum Gasteiger partial charge on any atom is -0.494 e. The van der Waals surface area contributed by atoms with Crippen LogP contribution < -0.4 is 4.74 Å². The average Bonchev–Trinajstić information content (AvgIpc) is 3.07. The summed E-state index contributed by atoms with van der Waals surface area (Å²) in [5.74, 6) is 1.60. The van der Waals surface area contributed by atoms with Gasteiger partial charge in [0.15, 0.2) is 0 Å². The van der Waals surface area contributed by atoms with E-state index in [0.29, 0.717) is 25.5 Å². The molecular formula is C21H32N2O3. The van der Waals surface area contributed by atoms with Gasteiger partial charge in [-0.05, 0) is 56.5 Å². The molecule has 2 saturated heterocycles. The summed E-state index contributed by atoms with van der Waals surface area (Å²) < 4.78 is 5.45. The van der Waals surface area contributed by atoms with Gasteiger partial charge in [-0.3, -0.25) is 4.79 Å². The van der Waals surface area contributed by atoms with Gasteiger partial charge in [0.25, 0.3) is 0 Å². The molecule has 5 nitrogen and oxygen atoms in total. The number of rotatable bonds is 7. The number of benzene rings is 1. The fourth-order valence-electron chi connectivity index (χ4n) is 4.19. The smallest absolute Gasteiger partial charge is 0.227 e. The van der Waals surface area contributed by atoms with Gasteiger partial charge in [0.2, 0.25) is 5.91 Å². The Morgan fingerprint density at radius 3 is 2.46 bits per heavy atom. The van der Waals surface area contributed by atoms with Crippen LogP contribution in [0.5, 0.6) is 5.75 Å². The van der Waals surface area contributed by atoms with E-state index in [2.05, 4.69) is 4.90 Å². The van der Waals surface area contributed by atoms with Crippen molar-refractivity contribution in [1.29, 1.82) is 0 Å². The van der Waals surface area contributed by atoms with E-state index in [1.807, 2.05) is 36.1 Å². The molecule has 0 aromatic heterocycles. The maximum Gasteiger partial charge on any atom is 0.227 e. The Balaban J connectivity index is 1.53. The highest BCUT2D eigenvalue weighted by Crippen LogP contribution is 2.26. The Labute approximate surface area is 156 Å². The van der Waals surface area contributed by atoms with Crippen LogP contribution in [0.2, 0.25) is 0 Å². The first-order valence-corrected chi connectivity index (χ1v) is 10.0. The summed E-state index contributed by atoms with van der Waals surface area (Å²) in [7, 11) is 0. The number of amides is 1. The monoisotopic (exact) mass is 360 g/mol. The molecule has 2 heterocycles. The first-order valence-electron chi connectivity index (χ1n) is 10.0. The number of nitrogens with zero attached hydrogens (tertiary/aromatic N) is 2. The van der Waals surface area contributed by atoms with Crippen LogP contribution in [0.25, 0.3) is 0 Å². The zero-order valence-electron chi connectivity index (χ0n) is 15.9. The van der Waals surface area contributed by atoms with Crippen molar-refractivity contribution in [2.45, 2.75) is 32.6 Å². The van der Waals surface area contributed by atoms with Gasteiger partial charge in [0, 0.05) is 32.2 Å². The van der Waals surface area contributed by atoms with E-state index in [1.165, 1.54) is 19.3 Å². The molecule has 0 radical (unpaired) electrons. The molecule has 1 amide bonds. The highest BCUT2D eigenvalue weighted by atomic mass is 16.5. The van der Waals surface area contributed by atoms with E-state index in [9.17, 15) is 9.90 Å². The maximum absolute atomic E-state index is 12.7. The molecule has 1 aromatic carbocycles. The van der Waals surface area contributed by atoms with Crippen LogP contribution in [0.3, 0.4) is 0 Å². The highest BCUT2D eigenvalue weighted by molar-refractivity contribution is 5.79. The van der Waals surface area contributed by atoms with Crippen molar-refractivity contribution in [3.63, 3.8) is 0 Å². The normalized spacial score (nSPS) is 24.0. The molecule has 5 heteroatoms. The number of piperidine rings is 1. The van der Waals surface area contributed by atoms with Crippen molar-refractivity contribution in [2.75, 3.05) is 45.9 Å². The van der Waals surface area contributed by atoms with E-state index in [0.717, 1.165) is 37.5 Å². The van der Waals surface area contributed by atoms with Crippen LogP contribution in [-0.2, 0) is 11.2 Å². The molecule has 0 bridgehead atoms. The van der Waals surface area contributed by atoms with E-state index < -0.39 is 0 Å². The van der Waals surface area contributed by atoms with Gasteiger partial charge in [-0.2, -0.15) is 0 Å². The first kappa shape index (κ1) is 19.2. The largest absolute Gasteiger partial charge is 0.494 e. The van der Waals surface area contributed by atoms with Crippen molar-refractivity contribution >= 4 is 5.91 Å². The minimum absolute atomic E-state index is 0.161.